The molecule has 1 amide bonds. The highest BCUT2D eigenvalue weighted by atomic mass is 16.5. The van der Waals surface area contributed by atoms with Crippen molar-refractivity contribution in [3.63, 3.8) is 0 Å². The van der Waals surface area contributed by atoms with E-state index in [0.717, 1.165) is 38.8 Å². The third-order valence-electron chi connectivity index (χ3n) is 3.92. The first-order valence-electron chi connectivity index (χ1n) is 6.84. The topological polar surface area (TPSA) is 55.6 Å². The summed E-state index contributed by atoms with van der Waals surface area (Å²) in [6.45, 7) is 2.54. The lowest BCUT2D eigenvalue weighted by Crippen LogP contribution is -2.43. The zero-order chi connectivity index (χ0) is 12.1. The smallest absolute Gasteiger partial charge is 0.248 e. The summed E-state index contributed by atoms with van der Waals surface area (Å²) in [5, 5.41) is 0. The van der Waals surface area contributed by atoms with Crippen LogP contribution in [0.25, 0.3) is 0 Å². The highest BCUT2D eigenvalue weighted by Crippen LogP contribution is 2.27. The monoisotopic (exact) mass is 240 g/mol. The molecule has 1 heterocycles. The standard InChI is InChI=1S/C13H24N2O2/c14-13(6-2-3-7-13)11-17-10-12(16)15-8-4-1-5-9-15/h1-11,14H2. The van der Waals surface area contributed by atoms with E-state index in [0.29, 0.717) is 6.61 Å². The molecule has 2 N–H and O–H groups in total. The minimum Gasteiger partial charge on any atom is -0.370 e. The van der Waals surface area contributed by atoms with E-state index in [-0.39, 0.29) is 18.1 Å². The van der Waals surface area contributed by atoms with Gasteiger partial charge in [-0.2, -0.15) is 0 Å². The Kier molecular flexibility index (Phi) is 4.40. The Morgan fingerprint density at radius 1 is 1.12 bits per heavy atom. The maximum atomic E-state index is 11.8. The Labute approximate surface area is 103 Å². The maximum Gasteiger partial charge on any atom is 0.248 e. The molecule has 4 nitrogen and oxygen atoms in total. The molecule has 98 valence electrons. The van der Waals surface area contributed by atoms with Crippen LogP contribution in [0.15, 0.2) is 0 Å². The Morgan fingerprint density at radius 2 is 1.76 bits per heavy atom. The molecular weight excluding hydrogens is 216 g/mol. The van der Waals surface area contributed by atoms with Gasteiger partial charge in [-0.25, -0.2) is 0 Å². The summed E-state index contributed by atoms with van der Waals surface area (Å²) >= 11 is 0. The van der Waals surface area contributed by atoms with Gasteiger partial charge in [-0.3, -0.25) is 4.79 Å². The summed E-state index contributed by atoms with van der Waals surface area (Å²) in [7, 11) is 0. The molecule has 2 fully saturated rings. The fourth-order valence-corrected chi connectivity index (χ4v) is 2.80. The van der Waals surface area contributed by atoms with Crippen molar-refractivity contribution in [2.24, 2.45) is 5.73 Å². The minimum absolute atomic E-state index is 0.131. The van der Waals surface area contributed by atoms with Crippen LogP contribution in [0.4, 0.5) is 0 Å². The molecule has 0 atom stereocenters. The fraction of sp³-hybridized carbons (Fsp3) is 0.923. The Bertz CT molecular complexity index is 256. The highest BCUT2D eigenvalue weighted by Gasteiger charge is 2.29. The van der Waals surface area contributed by atoms with Crippen molar-refractivity contribution in [1.82, 2.24) is 4.90 Å². The van der Waals surface area contributed by atoms with Gasteiger partial charge >= 0.3 is 0 Å². The van der Waals surface area contributed by atoms with Gasteiger partial charge in [0.25, 0.3) is 0 Å². The van der Waals surface area contributed by atoms with Crippen molar-refractivity contribution in [3.8, 4) is 0 Å². The lowest BCUT2D eigenvalue weighted by atomic mass is 10.0. The van der Waals surface area contributed by atoms with E-state index in [1.807, 2.05) is 4.90 Å². The Morgan fingerprint density at radius 3 is 2.41 bits per heavy atom. The highest BCUT2D eigenvalue weighted by molar-refractivity contribution is 5.77. The molecular formula is C13H24N2O2. The van der Waals surface area contributed by atoms with Gasteiger partial charge in [-0.05, 0) is 32.1 Å². The lowest BCUT2D eigenvalue weighted by Gasteiger charge is -2.28. The summed E-state index contributed by atoms with van der Waals surface area (Å²) in [6.07, 6.45) is 7.96. The number of ether oxygens (including phenoxy) is 1. The number of piperidine rings is 1. The Hall–Kier alpha value is -0.610. The maximum absolute atomic E-state index is 11.8. The van der Waals surface area contributed by atoms with Gasteiger partial charge in [0.15, 0.2) is 0 Å². The normalized spacial score (nSPS) is 23.9. The molecule has 2 rings (SSSR count). The molecule has 1 saturated carbocycles. The van der Waals surface area contributed by atoms with Gasteiger partial charge in [0.1, 0.15) is 6.61 Å². The van der Waals surface area contributed by atoms with E-state index in [4.69, 9.17) is 10.5 Å². The quantitative estimate of drug-likeness (QED) is 0.805. The first-order valence-corrected chi connectivity index (χ1v) is 6.84. The summed E-state index contributed by atoms with van der Waals surface area (Å²) in [6, 6.07) is 0. The van der Waals surface area contributed by atoms with Crippen LogP contribution in [0.5, 0.6) is 0 Å². The van der Waals surface area contributed by atoms with E-state index >= 15 is 0 Å². The fourth-order valence-electron chi connectivity index (χ4n) is 2.80. The molecule has 0 bridgehead atoms. The molecule has 0 aromatic rings. The van der Waals surface area contributed by atoms with Crippen molar-refractivity contribution < 1.29 is 9.53 Å². The molecule has 0 aromatic heterocycles. The zero-order valence-electron chi connectivity index (χ0n) is 10.6. The van der Waals surface area contributed by atoms with Crippen molar-refractivity contribution in [2.45, 2.75) is 50.5 Å². The number of amides is 1. The first-order chi connectivity index (χ1) is 8.20. The first kappa shape index (κ1) is 12.8. The molecule has 2 aliphatic rings. The summed E-state index contributed by atoms with van der Waals surface area (Å²) < 4.78 is 5.52. The van der Waals surface area contributed by atoms with E-state index in [1.165, 1.54) is 19.3 Å². The third-order valence-corrected chi connectivity index (χ3v) is 3.92. The molecule has 0 unspecified atom stereocenters. The molecule has 4 heteroatoms. The van der Waals surface area contributed by atoms with Crippen molar-refractivity contribution >= 4 is 5.91 Å². The summed E-state index contributed by atoms with van der Waals surface area (Å²) in [4.78, 5) is 13.8. The SMILES string of the molecule is NC1(COCC(=O)N2CCCCC2)CCCC1. The predicted octanol–water partition coefficient (Wildman–Crippen LogP) is 1.29. The minimum atomic E-state index is -0.165. The number of carbonyl (C=O) groups is 1. The van der Waals surface area contributed by atoms with Crippen LogP contribution in [0.1, 0.15) is 44.9 Å². The number of carbonyl (C=O) groups excluding carboxylic acids is 1. The van der Waals surface area contributed by atoms with Crippen LogP contribution in [0.3, 0.4) is 0 Å². The molecule has 1 saturated heterocycles. The summed E-state index contributed by atoms with van der Waals surface area (Å²) in [5.41, 5.74) is 6.01. The Balaban J connectivity index is 1.65. The van der Waals surface area contributed by atoms with Gasteiger partial charge in [0.05, 0.1) is 6.61 Å². The molecule has 0 aromatic carbocycles. The zero-order valence-corrected chi connectivity index (χ0v) is 10.6. The van der Waals surface area contributed by atoms with Crippen LogP contribution in [-0.4, -0.2) is 42.6 Å². The second kappa shape index (κ2) is 5.83. The molecule has 0 spiro atoms. The molecule has 17 heavy (non-hydrogen) atoms. The van der Waals surface area contributed by atoms with Gasteiger partial charge in [0, 0.05) is 18.6 Å². The van der Waals surface area contributed by atoms with Gasteiger partial charge < -0.3 is 15.4 Å². The number of rotatable bonds is 4. The molecule has 0 radical (unpaired) electrons. The van der Waals surface area contributed by atoms with E-state index < -0.39 is 0 Å². The van der Waals surface area contributed by atoms with Crippen LogP contribution < -0.4 is 5.73 Å². The average Bonchev–Trinajstić information content (AvgIpc) is 2.77. The number of likely N-dealkylation sites (tertiary alicyclic amines) is 1. The largest absolute Gasteiger partial charge is 0.370 e. The van der Waals surface area contributed by atoms with Gasteiger partial charge in [-0.1, -0.05) is 12.8 Å². The third kappa shape index (κ3) is 3.68. The van der Waals surface area contributed by atoms with Crippen LogP contribution in [0, 0.1) is 0 Å². The van der Waals surface area contributed by atoms with E-state index in [1.54, 1.807) is 0 Å². The van der Waals surface area contributed by atoms with E-state index in [9.17, 15) is 4.79 Å². The summed E-state index contributed by atoms with van der Waals surface area (Å²) in [5.74, 6) is 0.131. The van der Waals surface area contributed by atoms with Gasteiger partial charge in [0.2, 0.25) is 5.91 Å². The number of hydrogen-bond acceptors (Lipinski definition) is 3. The molecule has 1 aliphatic heterocycles. The van der Waals surface area contributed by atoms with Crippen LogP contribution in [0.2, 0.25) is 0 Å². The molecule has 1 aliphatic carbocycles. The second-order valence-electron chi connectivity index (χ2n) is 5.50. The van der Waals surface area contributed by atoms with Crippen LogP contribution >= 0.6 is 0 Å². The predicted molar refractivity (Wildman–Crippen MR) is 66.6 cm³/mol. The van der Waals surface area contributed by atoms with Gasteiger partial charge in [-0.15, -0.1) is 0 Å². The van der Waals surface area contributed by atoms with Crippen LogP contribution in [-0.2, 0) is 9.53 Å². The van der Waals surface area contributed by atoms with Crippen molar-refractivity contribution in [1.29, 1.82) is 0 Å². The van der Waals surface area contributed by atoms with Crippen molar-refractivity contribution in [2.75, 3.05) is 26.3 Å². The van der Waals surface area contributed by atoms with Crippen molar-refractivity contribution in [3.05, 3.63) is 0 Å². The second-order valence-corrected chi connectivity index (χ2v) is 5.50. The lowest BCUT2D eigenvalue weighted by molar-refractivity contribution is -0.137. The average molecular weight is 240 g/mol. The number of nitrogens with zero attached hydrogens (tertiary/aromatic N) is 1. The number of nitrogens with two attached hydrogens (primary N) is 1. The number of hydrogen-bond donors (Lipinski definition) is 1. The van der Waals surface area contributed by atoms with E-state index in [2.05, 4.69) is 0 Å².